The van der Waals surface area contributed by atoms with Crippen LogP contribution in [0.4, 0.5) is 0 Å². The van der Waals surface area contributed by atoms with Gasteiger partial charge in [0.05, 0.1) is 6.10 Å². The van der Waals surface area contributed by atoms with E-state index in [-0.39, 0.29) is 13.0 Å². The Kier molecular flexibility index (Phi) is 3.29. The van der Waals surface area contributed by atoms with Crippen molar-refractivity contribution in [2.45, 2.75) is 18.6 Å². The molecule has 1 rings (SSSR count). The molecule has 0 spiro atoms. The molecule has 8 heteroatoms. The number of aliphatic carboxylic acids is 1. The molecule has 2 unspecified atom stereocenters. The Hall–Kier alpha value is -0.590. The van der Waals surface area contributed by atoms with E-state index in [0.717, 1.165) is 5.06 Å². The minimum atomic E-state index is -2.88. The monoisotopic (exact) mass is 210 g/mol. The van der Waals surface area contributed by atoms with Gasteiger partial charge in [0, 0.05) is 11.1 Å². The number of aliphatic hydroxyl groups excluding tert-OH is 1. The standard InChI is InChI=1S/C5H8NO6P/c7-3-1-2-6(12-13(10)11)4(3)5(8)9/h3-4,7H,1-2H2,(H-,8,9,10,11)/p+1/t3?,4-/m0/s1. The first kappa shape index (κ1) is 10.5. The predicted molar refractivity (Wildman–Crippen MR) is 39.7 cm³/mol. The number of rotatable bonds is 3. The molecule has 0 aromatic rings. The highest BCUT2D eigenvalue weighted by Gasteiger charge is 2.43. The lowest BCUT2D eigenvalue weighted by Gasteiger charge is -2.14. The molecule has 3 atom stereocenters. The lowest BCUT2D eigenvalue weighted by molar-refractivity contribution is -0.160. The Bertz CT molecular complexity index is 233. The molecule has 1 saturated heterocycles. The zero-order valence-corrected chi connectivity index (χ0v) is 7.42. The van der Waals surface area contributed by atoms with Crippen molar-refractivity contribution >= 4 is 14.2 Å². The number of hydrogen-bond acceptors (Lipinski definition) is 5. The number of hydrogen-bond donors (Lipinski definition) is 3. The van der Waals surface area contributed by atoms with E-state index in [2.05, 4.69) is 4.62 Å². The average molecular weight is 210 g/mol. The van der Waals surface area contributed by atoms with Crippen LogP contribution in [0.1, 0.15) is 6.42 Å². The lowest BCUT2D eigenvalue weighted by Crippen LogP contribution is -2.40. The van der Waals surface area contributed by atoms with Gasteiger partial charge in [0.2, 0.25) is 0 Å². The summed E-state index contributed by atoms with van der Waals surface area (Å²) in [5, 5.41) is 18.6. The minimum absolute atomic E-state index is 0.125. The summed E-state index contributed by atoms with van der Waals surface area (Å²) in [5.74, 6) is -1.28. The molecule has 0 bridgehead atoms. The molecule has 74 valence electrons. The van der Waals surface area contributed by atoms with Crippen molar-refractivity contribution in [3.8, 4) is 0 Å². The molecular weight excluding hydrogens is 201 g/mol. The molecule has 0 aliphatic carbocycles. The van der Waals surface area contributed by atoms with Crippen molar-refractivity contribution in [2.75, 3.05) is 6.54 Å². The Balaban J connectivity index is 2.64. The van der Waals surface area contributed by atoms with Crippen LogP contribution in [-0.2, 0) is 14.0 Å². The van der Waals surface area contributed by atoms with E-state index in [4.69, 9.17) is 15.1 Å². The van der Waals surface area contributed by atoms with Gasteiger partial charge < -0.3 is 10.2 Å². The highest BCUT2D eigenvalue weighted by Crippen LogP contribution is 2.26. The van der Waals surface area contributed by atoms with E-state index >= 15 is 0 Å². The number of carboxylic acid groups (broad SMARTS) is 1. The fourth-order valence-corrected chi connectivity index (χ4v) is 1.58. The maximum absolute atomic E-state index is 10.5. The van der Waals surface area contributed by atoms with Crippen molar-refractivity contribution in [1.29, 1.82) is 0 Å². The molecule has 1 fully saturated rings. The maximum atomic E-state index is 10.5. The highest BCUT2D eigenvalue weighted by atomic mass is 31.1. The summed E-state index contributed by atoms with van der Waals surface area (Å²) < 4.78 is 14.6. The minimum Gasteiger partial charge on any atom is -0.480 e. The third-order valence-electron chi connectivity index (χ3n) is 1.75. The number of aliphatic hydroxyl groups is 1. The number of hydroxylamine groups is 2. The summed E-state index contributed by atoms with van der Waals surface area (Å²) in [6.45, 7) is 0.125. The van der Waals surface area contributed by atoms with Gasteiger partial charge >= 0.3 is 14.2 Å². The molecule has 7 nitrogen and oxygen atoms in total. The van der Waals surface area contributed by atoms with Gasteiger partial charge in [0.15, 0.2) is 6.04 Å². The number of carbonyl (C=O) groups is 1. The quantitative estimate of drug-likeness (QED) is 0.517. The van der Waals surface area contributed by atoms with Crippen LogP contribution in [0.15, 0.2) is 0 Å². The van der Waals surface area contributed by atoms with E-state index in [1.54, 1.807) is 0 Å². The summed E-state index contributed by atoms with van der Waals surface area (Å²) in [4.78, 5) is 18.9. The zero-order chi connectivity index (χ0) is 10.0. The Labute approximate surface area is 74.4 Å². The van der Waals surface area contributed by atoms with Gasteiger partial charge in [0.1, 0.15) is 0 Å². The van der Waals surface area contributed by atoms with Gasteiger partial charge in [0.25, 0.3) is 0 Å². The van der Waals surface area contributed by atoms with Crippen LogP contribution >= 0.6 is 8.25 Å². The van der Waals surface area contributed by atoms with Crippen LogP contribution in [0.25, 0.3) is 0 Å². The second-order valence-corrected chi connectivity index (χ2v) is 3.24. The second kappa shape index (κ2) is 4.08. The van der Waals surface area contributed by atoms with Crippen molar-refractivity contribution in [2.24, 2.45) is 0 Å². The van der Waals surface area contributed by atoms with Crippen LogP contribution in [0.3, 0.4) is 0 Å². The number of nitrogens with zero attached hydrogens (tertiary/aromatic N) is 1. The molecule has 0 amide bonds. The smallest absolute Gasteiger partial charge is 0.480 e. The van der Waals surface area contributed by atoms with Gasteiger partial charge in [-0.05, 0) is 11.0 Å². The molecule has 0 aromatic carbocycles. The summed E-state index contributed by atoms with van der Waals surface area (Å²) in [5.41, 5.74) is 0. The van der Waals surface area contributed by atoms with Crippen molar-refractivity contribution < 1.29 is 29.1 Å². The van der Waals surface area contributed by atoms with Gasteiger partial charge in [-0.25, -0.2) is 0 Å². The van der Waals surface area contributed by atoms with Crippen molar-refractivity contribution in [3.05, 3.63) is 0 Å². The Morgan fingerprint density at radius 1 is 1.62 bits per heavy atom. The van der Waals surface area contributed by atoms with Crippen LogP contribution in [0, 0.1) is 0 Å². The Morgan fingerprint density at radius 2 is 2.23 bits per heavy atom. The largest absolute Gasteiger partial charge is 0.713 e. The Morgan fingerprint density at radius 3 is 2.69 bits per heavy atom. The summed E-state index contributed by atoms with van der Waals surface area (Å²) in [6.07, 6.45) is -0.854. The van der Waals surface area contributed by atoms with Gasteiger partial charge in [-0.2, -0.15) is 0 Å². The molecule has 0 radical (unpaired) electrons. The van der Waals surface area contributed by atoms with Crippen LogP contribution in [-0.4, -0.2) is 44.8 Å². The van der Waals surface area contributed by atoms with Gasteiger partial charge in [-0.15, -0.1) is 9.96 Å². The molecule has 1 aliphatic heterocycles. The molecule has 0 aromatic heterocycles. The highest BCUT2D eigenvalue weighted by molar-refractivity contribution is 7.32. The summed E-state index contributed by atoms with van der Waals surface area (Å²) in [7, 11) is -2.88. The van der Waals surface area contributed by atoms with E-state index in [1.807, 2.05) is 0 Å². The van der Waals surface area contributed by atoms with Gasteiger partial charge in [-0.3, -0.25) is 4.79 Å². The normalized spacial score (nSPS) is 30.5. The first-order valence-corrected chi connectivity index (χ1v) is 4.67. The zero-order valence-electron chi connectivity index (χ0n) is 6.53. The third-order valence-corrected chi connectivity index (χ3v) is 2.10. The molecule has 13 heavy (non-hydrogen) atoms. The van der Waals surface area contributed by atoms with Crippen LogP contribution in [0.2, 0.25) is 0 Å². The average Bonchev–Trinajstić information content (AvgIpc) is 2.30. The van der Waals surface area contributed by atoms with E-state index in [0.29, 0.717) is 0 Å². The predicted octanol–water partition coefficient (Wildman–Crippen LogP) is -0.913. The van der Waals surface area contributed by atoms with Crippen LogP contribution in [0.5, 0.6) is 0 Å². The van der Waals surface area contributed by atoms with E-state index in [1.165, 1.54) is 0 Å². The first-order chi connectivity index (χ1) is 6.02. The van der Waals surface area contributed by atoms with Crippen molar-refractivity contribution in [1.82, 2.24) is 5.06 Å². The first-order valence-electron chi connectivity index (χ1n) is 3.54. The van der Waals surface area contributed by atoms with Gasteiger partial charge in [-0.1, -0.05) is 0 Å². The van der Waals surface area contributed by atoms with Crippen molar-refractivity contribution in [3.63, 3.8) is 0 Å². The number of carboxylic acids is 1. The van der Waals surface area contributed by atoms with E-state index in [9.17, 15) is 9.36 Å². The van der Waals surface area contributed by atoms with E-state index < -0.39 is 26.4 Å². The van der Waals surface area contributed by atoms with Crippen LogP contribution < -0.4 is 0 Å². The molecule has 1 aliphatic rings. The third kappa shape index (κ3) is 2.43. The fraction of sp³-hybridized carbons (Fsp3) is 0.800. The lowest BCUT2D eigenvalue weighted by atomic mass is 10.2. The molecule has 0 saturated carbocycles. The summed E-state index contributed by atoms with van der Waals surface area (Å²) in [6, 6.07) is -1.26. The fourth-order valence-electron chi connectivity index (χ4n) is 1.22. The molecule has 3 N–H and O–H groups in total. The summed E-state index contributed by atoms with van der Waals surface area (Å²) >= 11 is 0. The SMILES string of the molecule is O=C(O)[C@@H]1C(O)CCN1O[P+](=O)O. The molecule has 1 heterocycles. The second-order valence-electron chi connectivity index (χ2n) is 2.60. The molecular formula is C5H9NO6P+. The topological polar surface area (TPSA) is 107 Å². The maximum Gasteiger partial charge on any atom is 0.713 e.